The number of rotatable bonds is 5. The molecule has 1 N–H and O–H groups in total. The van der Waals surface area contributed by atoms with Crippen LogP contribution >= 0.6 is 0 Å². The Morgan fingerprint density at radius 2 is 1.79 bits per heavy atom. The molecule has 0 saturated heterocycles. The Morgan fingerprint density at radius 3 is 2.32 bits per heavy atom. The van der Waals surface area contributed by atoms with Crippen molar-refractivity contribution in [3.63, 3.8) is 0 Å². The fraction of sp³-hybridized carbons (Fsp3) is 0.647. The first-order valence-corrected chi connectivity index (χ1v) is 7.64. The van der Waals surface area contributed by atoms with Crippen molar-refractivity contribution in [3.8, 4) is 0 Å². The monoisotopic (exact) mass is 259 g/mol. The van der Waals surface area contributed by atoms with Gasteiger partial charge >= 0.3 is 0 Å². The average Bonchev–Trinajstić information content (AvgIpc) is 3.06. The van der Waals surface area contributed by atoms with Crippen molar-refractivity contribution in [1.29, 1.82) is 0 Å². The molecular weight excluding hydrogens is 234 g/mol. The second kappa shape index (κ2) is 5.26. The molecule has 19 heavy (non-hydrogen) atoms. The molecule has 1 aromatic carbocycles. The van der Waals surface area contributed by atoms with Crippen LogP contribution in [0.1, 0.15) is 55.6 Å². The van der Waals surface area contributed by atoms with Gasteiger partial charge in [0.25, 0.3) is 0 Å². The summed E-state index contributed by atoms with van der Waals surface area (Å²) in [7, 11) is 2.13. The lowest BCUT2D eigenvalue weighted by Crippen LogP contribution is -2.36. The maximum absolute atomic E-state index is 9.45. The highest BCUT2D eigenvalue weighted by Crippen LogP contribution is 2.41. The van der Waals surface area contributed by atoms with Gasteiger partial charge in [-0.25, -0.2) is 0 Å². The summed E-state index contributed by atoms with van der Waals surface area (Å²) in [6.07, 6.45) is 7.81. The van der Waals surface area contributed by atoms with E-state index < -0.39 is 0 Å². The number of aliphatic hydroxyl groups excluding tert-OH is 1. The van der Waals surface area contributed by atoms with E-state index in [1.165, 1.54) is 36.8 Å². The summed E-state index contributed by atoms with van der Waals surface area (Å²) in [5.41, 5.74) is 2.97. The Balaban J connectivity index is 1.62. The molecule has 2 nitrogen and oxygen atoms in total. The molecule has 0 radical (unpaired) electrons. The quantitative estimate of drug-likeness (QED) is 0.877. The van der Waals surface area contributed by atoms with Gasteiger partial charge in [0.1, 0.15) is 0 Å². The standard InChI is InChI=1S/C17H25NO/c1-18(17(13-19)10-11-17)12-14-6-8-16(9-7-14)15-4-2-3-5-15/h6-9,15,19H,2-5,10-13H2,1H3. The molecule has 0 aliphatic heterocycles. The minimum Gasteiger partial charge on any atom is -0.394 e. The summed E-state index contributed by atoms with van der Waals surface area (Å²) in [5, 5.41) is 9.45. The lowest BCUT2D eigenvalue weighted by atomic mass is 9.96. The molecule has 0 atom stereocenters. The Labute approximate surface area is 116 Å². The first-order valence-electron chi connectivity index (χ1n) is 7.64. The van der Waals surface area contributed by atoms with E-state index in [4.69, 9.17) is 0 Å². The van der Waals surface area contributed by atoms with E-state index in [1.54, 1.807) is 0 Å². The van der Waals surface area contributed by atoms with Crippen LogP contribution in [-0.4, -0.2) is 29.2 Å². The van der Waals surface area contributed by atoms with Crippen LogP contribution in [0.15, 0.2) is 24.3 Å². The van der Waals surface area contributed by atoms with E-state index in [1.807, 2.05) is 0 Å². The van der Waals surface area contributed by atoms with E-state index >= 15 is 0 Å². The number of aliphatic hydroxyl groups is 1. The third-order valence-electron chi connectivity index (χ3n) is 5.16. The van der Waals surface area contributed by atoms with Crippen molar-refractivity contribution < 1.29 is 5.11 Å². The number of likely N-dealkylation sites (N-methyl/N-ethyl adjacent to an activating group) is 1. The van der Waals surface area contributed by atoms with E-state index in [2.05, 4.69) is 36.2 Å². The molecule has 1 aromatic rings. The molecular formula is C17H25NO. The van der Waals surface area contributed by atoms with Crippen LogP contribution < -0.4 is 0 Å². The van der Waals surface area contributed by atoms with Gasteiger partial charge in [-0.2, -0.15) is 0 Å². The minimum atomic E-state index is 0.0874. The average molecular weight is 259 g/mol. The van der Waals surface area contributed by atoms with Gasteiger partial charge in [-0.1, -0.05) is 37.1 Å². The lowest BCUT2D eigenvalue weighted by Gasteiger charge is -2.26. The van der Waals surface area contributed by atoms with Crippen LogP contribution in [0, 0.1) is 0 Å². The summed E-state index contributed by atoms with van der Waals surface area (Å²) in [6, 6.07) is 9.19. The summed E-state index contributed by atoms with van der Waals surface area (Å²) >= 11 is 0. The van der Waals surface area contributed by atoms with Crippen LogP contribution in [0.4, 0.5) is 0 Å². The largest absolute Gasteiger partial charge is 0.394 e. The first-order chi connectivity index (χ1) is 9.23. The summed E-state index contributed by atoms with van der Waals surface area (Å²) in [4.78, 5) is 2.32. The van der Waals surface area contributed by atoms with Gasteiger partial charge in [-0.3, -0.25) is 4.90 Å². The summed E-state index contributed by atoms with van der Waals surface area (Å²) in [5.74, 6) is 0.805. The minimum absolute atomic E-state index is 0.0874. The van der Waals surface area contributed by atoms with E-state index in [0.29, 0.717) is 6.61 Å². The van der Waals surface area contributed by atoms with Crippen LogP contribution in [0.2, 0.25) is 0 Å². The van der Waals surface area contributed by atoms with Gasteiger partial charge in [-0.05, 0) is 49.8 Å². The predicted octanol–water partition coefficient (Wildman–Crippen LogP) is 3.30. The normalized spacial score (nSPS) is 22.1. The molecule has 104 valence electrons. The van der Waals surface area contributed by atoms with E-state index in [0.717, 1.165) is 25.3 Å². The summed E-state index contributed by atoms with van der Waals surface area (Å²) < 4.78 is 0. The van der Waals surface area contributed by atoms with E-state index in [9.17, 15) is 5.11 Å². The fourth-order valence-electron chi connectivity index (χ4n) is 3.40. The number of hydrogen-bond acceptors (Lipinski definition) is 2. The van der Waals surface area contributed by atoms with Crippen LogP contribution in [0.5, 0.6) is 0 Å². The van der Waals surface area contributed by atoms with Crippen molar-refractivity contribution in [1.82, 2.24) is 4.90 Å². The van der Waals surface area contributed by atoms with Crippen molar-refractivity contribution in [2.24, 2.45) is 0 Å². The maximum atomic E-state index is 9.45. The molecule has 2 heteroatoms. The van der Waals surface area contributed by atoms with Gasteiger partial charge in [0, 0.05) is 12.1 Å². The van der Waals surface area contributed by atoms with Crippen LogP contribution in [-0.2, 0) is 6.54 Å². The highest BCUT2D eigenvalue weighted by atomic mass is 16.3. The maximum Gasteiger partial charge on any atom is 0.0615 e. The molecule has 3 rings (SSSR count). The SMILES string of the molecule is CN(Cc1ccc(C2CCCC2)cc1)C1(CO)CC1. The molecule has 0 aromatic heterocycles. The van der Waals surface area contributed by atoms with Gasteiger partial charge in [0.05, 0.1) is 6.61 Å². The molecule has 0 heterocycles. The topological polar surface area (TPSA) is 23.5 Å². The number of benzene rings is 1. The number of nitrogens with zero attached hydrogens (tertiary/aromatic N) is 1. The Hall–Kier alpha value is -0.860. The third-order valence-corrected chi connectivity index (χ3v) is 5.16. The van der Waals surface area contributed by atoms with Crippen molar-refractivity contribution in [2.75, 3.05) is 13.7 Å². The smallest absolute Gasteiger partial charge is 0.0615 e. The second-order valence-corrected chi connectivity index (χ2v) is 6.46. The van der Waals surface area contributed by atoms with Crippen molar-refractivity contribution >= 4 is 0 Å². The molecule has 2 aliphatic carbocycles. The van der Waals surface area contributed by atoms with Gasteiger partial charge in [0.15, 0.2) is 0 Å². The second-order valence-electron chi connectivity index (χ2n) is 6.46. The molecule has 2 saturated carbocycles. The molecule has 0 amide bonds. The molecule has 0 bridgehead atoms. The van der Waals surface area contributed by atoms with Crippen LogP contribution in [0.3, 0.4) is 0 Å². The molecule has 0 spiro atoms. The number of hydrogen-bond donors (Lipinski definition) is 1. The van der Waals surface area contributed by atoms with Crippen LogP contribution in [0.25, 0.3) is 0 Å². The Bertz CT molecular complexity index is 415. The zero-order chi connectivity index (χ0) is 13.3. The third kappa shape index (κ3) is 2.70. The van der Waals surface area contributed by atoms with Crippen molar-refractivity contribution in [2.45, 2.75) is 56.5 Å². The zero-order valence-electron chi connectivity index (χ0n) is 11.9. The zero-order valence-corrected chi connectivity index (χ0v) is 11.9. The molecule has 0 unspecified atom stereocenters. The van der Waals surface area contributed by atoms with Crippen molar-refractivity contribution in [3.05, 3.63) is 35.4 Å². The lowest BCUT2D eigenvalue weighted by molar-refractivity contribution is 0.123. The highest BCUT2D eigenvalue weighted by molar-refractivity contribution is 5.26. The van der Waals surface area contributed by atoms with Gasteiger partial charge in [0.2, 0.25) is 0 Å². The highest BCUT2D eigenvalue weighted by Gasteiger charge is 2.45. The molecule has 2 aliphatic rings. The van der Waals surface area contributed by atoms with E-state index in [-0.39, 0.29) is 5.54 Å². The fourth-order valence-corrected chi connectivity index (χ4v) is 3.40. The molecule has 2 fully saturated rings. The first kappa shape index (κ1) is 13.1. The predicted molar refractivity (Wildman–Crippen MR) is 78.2 cm³/mol. The Kier molecular flexibility index (Phi) is 3.64. The van der Waals surface area contributed by atoms with Gasteiger partial charge < -0.3 is 5.11 Å². The Morgan fingerprint density at radius 1 is 1.16 bits per heavy atom. The van der Waals surface area contributed by atoms with Gasteiger partial charge in [-0.15, -0.1) is 0 Å². The summed E-state index contributed by atoms with van der Waals surface area (Å²) in [6.45, 7) is 1.25.